The quantitative estimate of drug-likeness (QED) is 0.648. The van der Waals surface area contributed by atoms with Crippen molar-refractivity contribution in [2.45, 2.75) is 25.4 Å². The molecule has 0 unspecified atom stereocenters. The number of benzene rings is 1. The summed E-state index contributed by atoms with van der Waals surface area (Å²) in [6.45, 7) is 3.68. The highest BCUT2D eigenvalue weighted by atomic mass is 16.5. The lowest BCUT2D eigenvalue weighted by molar-refractivity contribution is -0.137. The van der Waals surface area contributed by atoms with Crippen LogP contribution in [-0.2, 0) is 25.6 Å². The predicted octanol–water partition coefficient (Wildman–Crippen LogP) is 0.413. The maximum absolute atomic E-state index is 12.1. The van der Waals surface area contributed by atoms with Crippen LogP contribution >= 0.6 is 0 Å². The van der Waals surface area contributed by atoms with E-state index < -0.39 is 11.9 Å². The SMILES string of the molecule is CN(CC(=O)NC1CC1)C(=O)COC(=O)c1ccc(CN2CCOCC2)cc1. The highest BCUT2D eigenvalue weighted by Gasteiger charge is 2.24. The summed E-state index contributed by atoms with van der Waals surface area (Å²) in [5, 5.41) is 2.81. The van der Waals surface area contributed by atoms with Gasteiger partial charge in [0.1, 0.15) is 0 Å². The van der Waals surface area contributed by atoms with Gasteiger partial charge >= 0.3 is 5.97 Å². The van der Waals surface area contributed by atoms with E-state index in [1.54, 1.807) is 12.1 Å². The van der Waals surface area contributed by atoms with Crippen LogP contribution in [0.5, 0.6) is 0 Å². The smallest absolute Gasteiger partial charge is 0.338 e. The second-order valence-electron chi connectivity index (χ2n) is 7.25. The zero-order valence-corrected chi connectivity index (χ0v) is 16.2. The van der Waals surface area contributed by atoms with E-state index in [1.165, 1.54) is 11.9 Å². The fourth-order valence-electron chi connectivity index (χ4n) is 2.89. The molecule has 2 amide bonds. The van der Waals surface area contributed by atoms with Crippen LogP contribution in [0.3, 0.4) is 0 Å². The van der Waals surface area contributed by atoms with Gasteiger partial charge in [-0.1, -0.05) is 12.1 Å². The Balaban J connectivity index is 1.40. The molecule has 0 radical (unpaired) electrons. The summed E-state index contributed by atoms with van der Waals surface area (Å²) in [4.78, 5) is 39.5. The number of hydrogen-bond donors (Lipinski definition) is 1. The molecule has 1 aliphatic heterocycles. The van der Waals surface area contributed by atoms with Crippen molar-refractivity contribution in [3.05, 3.63) is 35.4 Å². The van der Waals surface area contributed by atoms with E-state index in [4.69, 9.17) is 9.47 Å². The first-order chi connectivity index (χ1) is 13.5. The lowest BCUT2D eigenvalue weighted by Gasteiger charge is -2.26. The second-order valence-corrected chi connectivity index (χ2v) is 7.25. The van der Waals surface area contributed by atoms with Gasteiger partial charge in [0.05, 0.1) is 25.3 Å². The zero-order chi connectivity index (χ0) is 19.9. The Bertz CT molecular complexity index is 696. The van der Waals surface area contributed by atoms with Gasteiger partial charge in [-0.3, -0.25) is 14.5 Å². The lowest BCUT2D eigenvalue weighted by atomic mass is 10.1. The molecular formula is C20H27N3O5. The van der Waals surface area contributed by atoms with Crippen LogP contribution in [0.15, 0.2) is 24.3 Å². The standard InChI is InChI=1S/C20H27N3O5/c1-22(13-18(24)21-17-6-7-17)19(25)14-28-20(26)16-4-2-15(3-5-16)12-23-8-10-27-11-9-23/h2-5,17H,6-14H2,1H3,(H,21,24). The minimum atomic E-state index is -0.554. The Morgan fingerprint density at radius 1 is 1.18 bits per heavy atom. The van der Waals surface area contributed by atoms with Gasteiger partial charge < -0.3 is 19.7 Å². The van der Waals surface area contributed by atoms with Crippen molar-refractivity contribution in [2.24, 2.45) is 0 Å². The molecule has 1 aromatic carbocycles. The molecule has 2 aliphatic rings. The average Bonchev–Trinajstić information content (AvgIpc) is 3.51. The van der Waals surface area contributed by atoms with Gasteiger partial charge in [-0.05, 0) is 30.5 Å². The number of carbonyl (C=O) groups is 3. The van der Waals surface area contributed by atoms with E-state index in [1.807, 2.05) is 12.1 Å². The van der Waals surface area contributed by atoms with E-state index >= 15 is 0 Å². The Morgan fingerprint density at radius 2 is 1.86 bits per heavy atom. The summed E-state index contributed by atoms with van der Waals surface area (Å²) < 4.78 is 10.4. The van der Waals surface area contributed by atoms with Crippen molar-refractivity contribution in [2.75, 3.05) is 46.5 Å². The van der Waals surface area contributed by atoms with Gasteiger partial charge in [0.15, 0.2) is 6.61 Å². The monoisotopic (exact) mass is 389 g/mol. The molecule has 1 saturated heterocycles. The topological polar surface area (TPSA) is 88.2 Å². The van der Waals surface area contributed by atoms with Gasteiger partial charge in [-0.2, -0.15) is 0 Å². The first-order valence-electron chi connectivity index (χ1n) is 9.61. The van der Waals surface area contributed by atoms with Crippen molar-refractivity contribution in [1.82, 2.24) is 15.1 Å². The van der Waals surface area contributed by atoms with Crippen molar-refractivity contribution in [1.29, 1.82) is 0 Å². The molecule has 0 bridgehead atoms. The number of rotatable bonds is 8. The van der Waals surface area contributed by atoms with Crippen LogP contribution in [0.4, 0.5) is 0 Å². The van der Waals surface area contributed by atoms with Gasteiger partial charge in [0.2, 0.25) is 5.91 Å². The van der Waals surface area contributed by atoms with E-state index in [9.17, 15) is 14.4 Å². The van der Waals surface area contributed by atoms with E-state index in [0.29, 0.717) is 5.56 Å². The maximum atomic E-state index is 12.1. The van der Waals surface area contributed by atoms with Gasteiger partial charge in [-0.25, -0.2) is 4.79 Å². The summed E-state index contributed by atoms with van der Waals surface area (Å²) >= 11 is 0. The van der Waals surface area contributed by atoms with Crippen LogP contribution in [0.25, 0.3) is 0 Å². The van der Waals surface area contributed by atoms with Gasteiger partial charge in [-0.15, -0.1) is 0 Å². The van der Waals surface area contributed by atoms with Crippen LogP contribution < -0.4 is 5.32 Å². The average molecular weight is 389 g/mol. The second kappa shape index (κ2) is 9.66. The minimum Gasteiger partial charge on any atom is -0.452 e. The predicted molar refractivity (Wildman–Crippen MR) is 102 cm³/mol. The molecule has 3 rings (SSSR count). The van der Waals surface area contributed by atoms with Crippen LogP contribution in [0.2, 0.25) is 0 Å². The third-order valence-corrected chi connectivity index (χ3v) is 4.78. The number of likely N-dealkylation sites (N-methyl/N-ethyl adjacent to an activating group) is 1. The molecule has 1 saturated carbocycles. The molecule has 28 heavy (non-hydrogen) atoms. The van der Waals surface area contributed by atoms with Crippen molar-refractivity contribution < 1.29 is 23.9 Å². The number of esters is 1. The maximum Gasteiger partial charge on any atom is 0.338 e. The first kappa shape index (κ1) is 20.3. The number of carbonyl (C=O) groups excluding carboxylic acids is 3. The fraction of sp³-hybridized carbons (Fsp3) is 0.550. The Labute approximate surface area is 164 Å². The number of hydrogen-bond acceptors (Lipinski definition) is 6. The number of ether oxygens (including phenoxy) is 2. The summed E-state index contributed by atoms with van der Waals surface area (Å²) in [7, 11) is 1.52. The summed E-state index contributed by atoms with van der Waals surface area (Å²) in [5.74, 6) is -1.16. The zero-order valence-electron chi connectivity index (χ0n) is 16.2. The first-order valence-corrected chi connectivity index (χ1v) is 9.61. The molecule has 0 spiro atoms. The number of nitrogens with one attached hydrogen (secondary N) is 1. The summed E-state index contributed by atoms with van der Waals surface area (Å²) in [5.41, 5.74) is 1.50. The molecule has 1 heterocycles. The summed E-state index contributed by atoms with van der Waals surface area (Å²) in [6, 6.07) is 7.44. The van der Waals surface area contributed by atoms with Crippen LogP contribution in [0.1, 0.15) is 28.8 Å². The van der Waals surface area contributed by atoms with Crippen LogP contribution in [-0.4, -0.2) is 80.1 Å². The molecule has 1 N–H and O–H groups in total. The number of amides is 2. The molecule has 2 fully saturated rings. The van der Waals surface area contributed by atoms with Crippen molar-refractivity contribution in [3.63, 3.8) is 0 Å². The normalized spacial score (nSPS) is 17.0. The minimum absolute atomic E-state index is 0.0386. The van der Waals surface area contributed by atoms with Crippen molar-refractivity contribution >= 4 is 17.8 Å². The van der Waals surface area contributed by atoms with Gasteiger partial charge in [0.25, 0.3) is 5.91 Å². The molecule has 8 heteroatoms. The largest absolute Gasteiger partial charge is 0.452 e. The summed E-state index contributed by atoms with van der Waals surface area (Å²) in [6.07, 6.45) is 1.98. The highest BCUT2D eigenvalue weighted by Crippen LogP contribution is 2.18. The van der Waals surface area contributed by atoms with Crippen molar-refractivity contribution in [3.8, 4) is 0 Å². The molecule has 8 nitrogen and oxygen atoms in total. The third-order valence-electron chi connectivity index (χ3n) is 4.78. The van der Waals surface area contributed by atoms with E-state index in [2.05, 4.69) is 10.2 Å². The van der Waals surface area contributed by atoms with E-state index in [0.717, 1.165) is 51.3 Å². The molecule has 1 aliphatic carbocycles. The molecule has 0 aromatic heterocycles. The molecule has 1 aromatic rings. The number of morpholine rings is 1. The Kier molecular flexibility index (Phi) is 7.00. The van der Waals surface area contributed by atoms with Gasteiger partial charge in [0, 0.05) is 32.7 Å². The Hall–Kier alpha value is -2.45. The highest BCUT2D eigenvalue weighted by molar-refractivity contribution is 5.92. The van der Waals surface area contributed by atoms with Crippen LogP contribution in [0, 0.1) is 0 Å². The number of nitrogens with zero attached hydrogens (tertiary/aromatic N) is 2. The third kappa shape index (κ3) is 6.31. The van der Waals surface area contributed by atoms with E-state index in [-0.39, 0.29) is 25.1 Å². The fourth-order valence-corrected chi connectivity index (χ4v) is 2.89. The molecular weight excluding hydrogens is 362 g/mol. The Morgan fingerprint density at radius 3 is 2.50 bits per heavy atom. The molecule has 0 atom stereocenters. The lowest BCUT2D eigenvalue weighted by Crippen LogP contribution is -2.40. The molecule has 152 valence electrons.